The zero-order valence-corrected chi connectivity index (χ0v) is 29.0. The lowest BCUT2D eigenvalue weighted by molar-refractivity contribution is -0.723. The molecule has 17 heteroatoms. The van der Waals surface area contributed by atoms with Gasteiger partial charge in [0, 0.05) is 46.8 Å². The molecule has 1 fully saturated rings. The van der Waals surface area contributed by atoms with E-state index in [-0.39, 0.29) is 76.7 Å². The Morgan fingerprint density at radius 3 is 2.49 bits per heavy atom. The number of nitrogens with zero attached hydrogens (tertiary/aromatic N) is 2. The van der Waals surface area contributed by atoms with Crippen LogP contribution in [0.15, 0.2) is 76.9 Å². The number of aliphatic hydroxyl groups is 5. The first-order valence-corrected chi connectivity index (χ1v) is 17.5. The molecule has 3 aromatic rings. The molecule has 2 bridgehead atoms. The van der Waals surface area contributed by atoms with E-state index in [2.05, 4.69) is 15.3 Å². The molecule has 5 aliphatic rings. The summed E-state index contributed by atoms with van der Waals surface area (Å²) >= 11 is 0. The quantitative estimate of drug-likeness (QED) is 0.111. The van der Waals surface area contributed by atoms with Gasteiger partial charge in [0.25, 0.3) is 11.7 Å². The summed E-state index contributed by atoms with van der Waals surface area (Å²) in [6.45, 7) is -1.81. The molecule has 0 saturated carbocycles. The van der Waals surface area contributed by atoms with Gasteiger partial charge < -0.3 is 44.5 Å². The Bertz CT molecular complexity index is 2220. The number of quaternary nitrogens is 1. The molecule has 55 heavy (non-hydrogen) atoms. The van der Waals surface area contributed by atoms with Crippen molar-refractivity contribution in [1.29, 1.82) is 5.41 Å². The lowest BCUT2D eigenvalue weighted by atomic mass is 9.79. The van der Waals surface area contributed by atoms with E-state index in [9.17, 15) is 39.9 Å². The number of aliphatic imine (C=N–C) groups is 2. The largest absolute Gasteiger partial charge is 0.499 e. The molecule has 4 aliphatic heterocycles. The van der Waals surface area contributed by atoms with Gasteiger partial charge in [0.1, 0.15) is 37.2 Å². The zero-order valence-electron chi connectivity index (χ0n) is 29.0. The van der Waals surface area contributed by atoms with Crippen molar-refractivity contribution in [3.63, 3.8) is 0 Å². The third-order valence-electron chi connectivity index (χ3n) is 10.3. The van der Waals surface area contributed by atoms with Crippen molar-refractivity contribution >= 4 is 40.7 Å². The first-order valence-electron chi connectivity index (χ1n) is 17.5. The van der Waals surface area contributed by atoms with Crippen molar-refractivity contribution in [3.05, 3.63) is 100 Å². The summed E-state index contributed by atoms with van der Waals surface area (Å²) in [5, 5.41) is 64.5. The second-order valence-electron chi connectivity index (χ2n) is 13.5. The second-order valence-corrected chi connectivity index (χ2v) is 13.5. The van der Waals surface area contributed by atoms with Gasteiger partial charge in [0.2, 0.25) is 18.0 Å². The fourth-order valence-electron chi connectivity index (χ4n) is 7.65. The Balaban J connectivity index is 1.39. The average Bonchev–Trinajstić information content (AvgIpc) is 3.60. The molecular weight excluding hydrogens is 718 g/mol. The molecule has 1 amide bonds. The molecule has 7 atom stereocenters. The lowest BCUT2D eigenvalue weighted by Gasteiger charge is -2.47. The molecule has 8 N–H and O–H groups in total. The highest BCUT2D eigenvalue weighted by atomic mass is 16.7. The van der Waals surface area contributed by atoms with E-state index in [0.29, 0.717) is 16.2 Å². The van der Waals surface area contributed by atoms with E-state index in [1.807, 2.05) is 0 Å². The third-order valence-corrected chi connectivity index (χ3v) is 10.3. The van der Waals surface area contributed by atoms with Gasteiger partial charge in [-0.15, -0.1) is 0 Å². The SMILES string of the molecule is N=C1N=C2C(=NC[NH+]2c2ccccc2[C@@H]2/C=C/OC[C@@H]3O[C@H](Oc4c2cc2c(c4OCCO)C(=O)c4ccccc4C2=O)[C@](O)(CCO)[C@H](O)[C@H]3O)C(=O)N1. The van der Waals surface area contributed by atoms with Crippen LogP contribution in [0.5, 0.6) is 11.5 Å². The van der Waals surface area contributed by atoms with Crippen molar-refractivity contribution in [1.82, 2.24) is 5.32 Å². The van der Waals surface area contributed by atoms with Crippen LogP contribution in [-0.4, -0.2) is 124 Å². The average molecular weight is 755 g/mol. The Morgan fingerprint density at radius 2 is 1.73 bits per heavy atom. The van der Waals surface area contributed by atoms with Gasteiger partial charge in [-0.3, -0.25) is 25.1 Å². The van der Waals surface area contributed by atoms with E-state index in [0.717, 1.165) is 0 Å². The molecule has 1 unspecified atom stereocenters. The fourth-order valence-corrected chi connectivity index (χ4v) is 7.65. The van der Waals surface area contributed by atoms with Gasteiger partial charge in [0.05, 0.1) is 18.4 Å². The summed E-state index contributed by atoms with van der Waals surface area (Å²) in [7, 11) is 0. The highest BCUT2D eigenvalue weighted by Crippen LogP contribution is 2.49. The molecule has 0 aromatic heterocycles. The predicted octanol–water partition coefficient (Wildman–Crippen LogP) is -1.16. The number of aliphatic hydroxyl groups excluding tert-OH is 4. The van der Waals surface area contributed by atoms with Crippen LogP contribution in [0.3, 0.4) is 0 Å². The van der Waals surface area contributed by atoms with Crippen LogP contribution in [0, 0.1) is 5.41 Å². The van der Waals surface area contributed by atoms with Gasteiger partial charge in [0.15, 0.2) is 35.3 Å². The van der Waals surface area contributed by atoms with Gasteiger partial charge in [-0.2, -0.15) is 4.99 Å². The summed E-state index contributed by atoms with van der Waals surface area (Å²) in [5.41, 5.74) is -1.06. The normalized spacial score (nSPS) is 28.8. The second kappa shape index (κ2) is 14.2. The number of benzene rings is 3. The van der Waals surface area contributed by atoms with Crippen molar-refractivity contribution < 1.29 is 63.8 Å². The summed E-state index contributed by atoms with van der Waals surface area (Å²) in [5.74, 6) is -3.23. The van der Waals surface area contributed by atoms with Gasteiger partial charge in [-0.1, -0.05) is 42.5 Å². The molecule has 17 nitrogen and oxygen atoms in total. The maximum Gasteiger partial charge on any atom is 0.284 e. The number of amidine groups is 1. The smallest absolute Gasteiger partial charge is 0.284 e. The summed E-state index contributed by atoms with van der Waals surface area (Å²) in [4.78, 5) is 50.5. The van der Waals surface area contributed by atoms with Crippen LogP contribution < -0.4 is 19.7 Å². The molecule has 0 radical (unpaired) electrons. The Labute approximate surface area is 312 Å². The van der Waals surface area contributed by atoms with Crippen LogP contribution in [0.4, 0.5) is 5.69 Å². The number of allylic oxidation sites excluding steroid dienone is 1. The predicted molar refractivity (Wildman–Crippen MR) is 190 cm³/mol. The summed E-state index contributed by atoms with van der Waals surface area (Å²) in [6, 6.07) is 14.8. The van der Waals surface area contributed by atoms with Crippen molar-refractivity contribution in [2.45, 2.75) is 42.5 Å². The van der Waals surface area contributed by atoms with Crippen LogP contribution >= 0.6 is 0 Å². The minimum Gasteiger partial charge on any atom is -0.499 e. The Hall–Kier alpha value is -5.66. The Morgan fingerprint density at radius 1 is 0.982 bits per heavy atom. The molecule has 1 saturated heterocycles. The standard InChI is InChI=1S/C38H35N5O12/c39-37-41-34-27(35(50)42-37)40-17-43(34)24-8-4-3-5-19(24)18-9-13-52-16-25-30(48)33(49)38(51,10-11-44)36(54-25)55-31-22(18)15-23-26(32(31)53-14-12-45)29(47)21-7-2-1-6-20(21)28(23)46/h1-9,13,15,18,25,30,33,36,44-45,48-49,51H,10-12,14,16-17H2,(H2,39,42,50)/p+1/b13-9+/t18-,25-,30-,33+,36+,38-/m0/s1. The van der Waals surface area contributed by atoms with Crippen molar-refractivity contribution in [2.75, 3.05) is 33.1 Å². The fraction of sp³-hybridized carbons (Fsp3) is 0.316. The number of amides is 1. The highest BCUT2D eigenvalue weighted by Gasteiger charge is 2.57. The first-order chi connectivity index (χ1) is 26.6. The zero-order chi connectivity index (χ0) is 38.6. The summed E-state index contributed by atoms with van der Waals surface area (Å²) < 4.78 is 24.5. The maximum absolute atomic E-state index is 14.3. The third kappa shape index (κ3) is 5.93. The molecule has 3 aromatic carbocycles. The first kappa shape index (κ1) is 36.3. The topological polar surface area (TPSA) is 254 Å². The van der Waals surface area contributed by atoms with Crippen molar-refractivity contribution in [2.24, 2.45) is 9.98 Å². The molecule has 284 valence electrons. The van der Waals surface area contributed by atoms with Crippen LogP contribution in [0.2, 0.25) is 0 Å². The number of carbonyl (C=O) groups excluding carboxylic acids is 3. The molecule has 0 spiro atoms. The van der Waals surface area contributed by atoms with Gasteiger partial charge in [-0.05, 0) is 18.2 Å². The highest BCUT2D eigenvalue weighted by molar-refractivity contribution is 6.68. The number of ketones is 2. The number of guanidine groups is 1. The van der Waals surface area contributed by atoms with Crippen molar-refractivity contribution in [3.8, 4) is 11.5 Å². The van der Waals surface area contributed by atoms with E-state index < -0.39 is 73.2 Å². The number of para-hydroxylation sites is 1. The molecule has 8 rings (SSSR count). The van der Waals surface area contributed by atoms with E-state index in [1.165, 1.54) is 24.5 Å². The number of fused-ring (bicyclic) bond motifs is 6. The monoisotopic (exact) mass is 754 g/mol. The minimum absolute atomic E-state index is 0.0442. The van der Waals surface area contributed by atoms with Gasteiger partial charge >= 0.3 is 0 Å². The van der Waals surface area contributed by atoms with Crippen LogP contribution in [-0.2, 0) is 14.3 Å². The molecular formula is C38H36N5O12+. The lowest BCUT2D eigenvalue weighted by Crippen LogP contribution is -3.09. The Kier molecular flexibility index (Phi) is 9.38. The molecule has 4 heterocycles. The van der Waals surface area contributed by atoms with E-state index in [4.69, 9.17) is 24.4 Å². The number of nitrogens with one attached hydrogen (secondary N) is 3. The number of rotatable bonds is 7. The van der Waals surface area contributed by atoms with E-state index >= 15 is 0 Å². The van der Waals surface area contributed by atoms with Crippen LogP contribution in [0.25, 0.3) is 0 Å². The maximum atomic E-state index is 14.3. The summed E-state index contributed by atoms with van der Waals surface area (Å²) in [6.07, 6.45) is -4.24. The van der Waals surface area contributed by atoms with Crippen LogP contribution in [0.1, 0.15) is 55.3 Å². The number of ether oxygens (including phenoxy) is 4. The minimum atomic E-state index is -2.43. The molecule has 1 aliphatic carbocycles. The number of carbonyl (C=O) groups is 3. The van der Waals surface area contributed by atoms with Gasteiger partial charge in [-0.25, -0.2) is 9.89 Å². The number of hydrogen-bond acceptors (Lipinski definition) is 14. The number of hydrogen-bond donors (Lipinski definition) is 8. The van der Waals surface area contributed by atoms with E-state index in [1.54, 1.807) is 42.5 Å².